The smallest absolute Gasteiger partial charge is 0.133 e. The van der Waals surface area contributed by atoms with Gasteiger partial charge in [-0.15, -0.1) is 0 Å². The molecule has 6 atom stereocenters. The number of H-pyrrole nitrogens is 1. The quantitative estimate of drug-likeness (QED) is 0.338. The van der Waals surface area contributed by atoms with Gasteiger partial charge in [0.15, 0.2) is 0 Å². The zero-order chi connectivity index (χ0) is 27.9. The first-order valence-corrected chi connectivity index (χ1v) is 16.6. The zero-order valence-corrected chi connectivity index (χ0v) is 24.6. The number of nitrogens with one attached hydrogen (secondary N) is 1. The summed E-state index contributed by atoms with van der Waals surface area (Å²) in [6.07, 6.45) is 20.5. The summed E-state index contributed by atoms with van der Waals surface area (Å²) in [6.45, 7) is 4.44. The van der Waals surface area contributed by atoms with Crippen molar-refractivity contribution < 1.29 is 9.53 Å². The Kier molecular flexibility index (Phi) is 5.71. The number of carbonyl (C=O) groups is 1. The van der Waals surface area contributed by atoms with Crippen LogP contribution in [0, 0.1) is 11.3 Å². The van der Waals surface area contributed by atoms with Crippen LogP contribution < -0.4 is 0 Å². The van der Waals surface area contributed by atoms with E-state index in [0.29, 0.717) is 30.6 Å². The van der Waals surface area contributed by atoms with Gasteiger partial charge in [0.1, 0.15) is 17.1 Å². The van der Waals surface area contributed by atoms with E-state index in [9.17, 15) is 4.79 Å². The van der Waals surface area contributed by atoms with Crippen LogP contribution in [0.25, 0.3) is 27.4 Å². The van der Waals surface area contributed by atoms with E-state index < -0.39 is 0 Å². The molecule has 1 N–H and O–H groups in total. The number of piperidine rings is 1. The third-order valence-corrected chi connectivity index (χ3v) is 11.9. The topological polar surface area (TPSA) is 61.5 Å². The van der Waals surface area contributed by atoms with Crippen molar-refractivity contribution in [2.45, 2.75) is 88.0 Å². The van der Waals surface area contributed by atoms with E-state index in [-0.39, 0.29) is 16.7 Å². The summed E-state index contributed by atoms with van der Waals surface area (Å²) in [6, 6.07) is 11.2. The molecule has 42 heavy (non-hydrogen) atoms. The van der Waals surface area contributed by atoms with Crippen LogP contribution in [0.1, 0.15) is 76.3 Å². The zero-order valence-electron chi connectivity index (χ0n) is 24.6. The number of hydrogen-bond acceptors (Lipinski definition) is 5. The van der Waals surface area contributed by atoms with E-state index in [1.165, 1.54) is 47.7 Å². The number of aromatic nitrogens is 2. The van der Waals surface area contributed by atoms with Crippen molar-refractivity contribution in [3.8, 4) is 0 Å². The highest BCUT2D eigenvalue weighted by Gasteiger charge is 2.77. The number of ketones is 1. The molecule has 5 bridgehead atoms. The van der Waals surface area contributed by atoms with Crippen LogP contribution in [0.15, 0.2) is 54.8 Å². The first-order chi connectivity index (χ1) is 20.6. The van der Waals surface area contributed by atoms with Gasteiger partial charge in [-0.25, -0.2) is 0 Å². The summed E-state index contributed by atoms with van der Waals surface area (Å²) in [5.74, 6) is 0.850. The Morgan fingerprint density at radius 3 is 2.86 bits per heavy atom. The lowest BCUT2D eigenvalue weighted by atomic mass is 9.53. The molecule has 0 saturated carbocycles. The number of benzene rings is 1. The van der Waals surface area contributed by atoms with E-state index in [4.69, 9.17) is 9.72 Å². The number of carbonyl (C=O) groups excluding carboxylic acids is 1. The Morgan fingerprint density at radius 1 is 0.952 bits per heavy atom. The molecule has 3 aromatic rings. The van der Waals surface area contributed by atoms with Gasteiger partial charge in [-0.1, -0.05) is 30.4 Å². The second-order valence-corrected chi connectivity index (χ2v) is 14.1. The molecule has 0 amide bonds. The summed E-state index contributed by atoms with van der Waals surface area (Å²) in [5, 5.41) is 2.52. The van der Waals surface area contributed by atoms with Crippen molar-refractivity contribution in [1.29, 1.82) is 0 Å². The highest BCUT2D eigenvalue weighted by Crippen LogP contribution is 2.70. The van der Waals surface area contributed by atoms with E-state index in [1.807, 2.05) is 6.20 Å². The summed E-state index contributed by atoms with van der Waals surface area (Å²) in [4.78, 5) is 27.3. The molecule has 7 heterocycles. The molecular formula is C36H42N4O2. The lowest BCUT2D eigenvalue weighted by molar-refractivity contribution is -0.180. The van der Waals surface area contributed by atoms with Gasteiger partial charge in [0.05, 0.1) is 17.3 Å². The number of Topliss-reactive ketones (excluding diaryl/α,β-unsaturated/α-hetero) is 1. The van der Waals surface area contributed by atoms with Gasteiger partial charge < -0.3 is 14.6 Å². The fourth-order valence-corrected chi connectivity index (χ4v) is 10.5. The largest absolute Gasteiger partial charge is 0.353 e. The number of nitrogens with zero attached hydrogens (tertiary/aromatic N) is 3. The number of ether oxygens (including phenoxy) is 1. The predicted molar refractivity (Wildman–Crippen MR) is 166 cm³/mol. The Balaban J connectivity index is 1.27. The molecule has 2 aromatic heterocycles. The number of rotatable bonds is 1. The maximum atomic E-state index is 12.8. The minimum absolute atomic E-state index is 0.0988. The Bertz CT molecular complexity index is 1640. The van der Waals surface area contributed by atoms with Crippen molar-refractivity contribution in [1.82, 2.24) is 19.8 Å². The van der Waals surface area contributed by atoms with Gasteiger partial charge in [0.25, 0.3) is 0 Å². The van der Waals surface area contributed by atoms with Crippen molar-refractivity contribution >= 4 is 33.2 Å². The van der Waals surface area contributed by atoms with Gasteiger partial charge in [0, 0.05) is 53.8 Å². The molecule has 1 aliphatic carbocycles. The molecule has 0 radical (unpaired) electrons. The molecule has 4 fully saturated rings. The number of para-hydroxylation sites is 1. The third-order valence-electron chi connectivity index (χ3n) is 11.9. The Morgan fingerprint density at radius 2 is 1.88 bits per heavy atom. The van der Waals surface area contributed by atoms with Gasteiger partial charge in [-0.2, -0.15) is 0 Å². The van der Waals surface area contributed by atoms with Crippen LogP contribution in [0.2, 0.25) is 0 Å². The molecule has 218 valence electrons. The summed E-state index contributed by atoms with van der Waals surface area (Å²) in [5.41, 5.74) is 4.28. The van der Waals surface area contributed by atoms with Gasteiger partial charge in [-0.3, -0.25) is 14.7 Å². The molecule has 6 heteroatoms. The lowest BCUT2D eigenvalue weighted by Gasteiger charge is -2.59. The molecular weight excluding hydrogens is 520 g/mol. The van der Waals surface area contributed by atoms with Crippen LogP contribution in [0.4, 0.5) is 0 Å². The lowest BCUT2D eigenvalue weighted by Crippen LogP contribution is -2.65. The SMILES string of the molecule is O=C1CCCN2C3[C@@]45CN6CCCC/C=C\CC[C@@]3(C=C(c3nccc7c3[nH]c3ccccc37)[C@@H]4CC6)O[C@]2(CC1)C5. The van der Waals surface area contributed by atoms with Crippen LogP contribution in [0.3, 0.4) is 0 Å². The monoisotopic (exact) mass is 562 g/mol. The number of fused-ring (bicyclic) bond motifs is 4. The molecule has 1 spiro atoms. The van der Waals surface area contributed by atoms with E-state index in [2.05, 4.69) is 63.3 Å². The minimum Gasteiger partial charge on any atom is -0.353 e. The second kappa shape index (κ2) is 9.35. The first-order valence-electron chi connectivity index (χ1n) is 16.6. The number of hydrogen-bond donors (Lipinski definition) is 1. The second-order valence-electron chi connectivity index (χ2n) is 14.1. The van der Waals surface area contributed by atoms with Crippen LogP contribution in [-0.4, -0.2) is 69.1 Å². The van der Waals surface area contributed by atoms with Crippen molar-refractivity contribution in [2.24, 2.45) is 11.3 Å². The Labute approximate surface area is 248 Å². The van der Waals surface area contributed by atoms with Crippen molar-refractivity contribution in [3.05, 3.63) is 60.5 Å². The summed E-state index contributed by atoms with van der Waals surface area (Å²) < 4.78 is 7.53. The minimum atomic E-state index is -0.366. The summed E-state index contributed by atoms with van der Waals surface area (Å²) in [7, 11) is 0. The molecule has 6 aliphatic rings. The van der Waals surface area contributed by atoms with Crippen LogP contribution >= 0.6 is 0 Å². The average molecular weight is 563 g/mol. The molecule has 5 aliphatic heterocycles. The van der Waals surface area contributed by atoms with Gasteiger partial charge in [0.2, 0.25) is 0 Å². The normalized spacial score (nSPS) is 39.2. The van der Waals surface area contributed by atoms with Gasteiger partial charge in [-0.05, 0) is 101 Å². The van der Waals surface area contributed by atoms with E-state index in [1.54, 1.807) is 0 Å². The Hall–Kier alpha value is -2.80. The number of pyridine rings is 1. The third kappa shape index (κ3) is 3.55. The molecule has 2 unspecified atom stereocenters. The van der Waals surface area contributed by atoms with Crippen LogP contribution in [0.5, 0.6) is 0 Å². The molecule has 4 saturated heterocycles. The molecule has 9 rings (SSSR count). The standard InChI is InChI=1S/C36H42N4O2/c41-25-10-9-20-40-33-34-23-36(40,17-13-25)42-35(33)16-7-3-1-2-4-8-19-39(24-34)21-15-29(34)28(22-35)31-32-27(14-18-37-31)26-11-5-6-12-30(26)38-32/h1,3,5-6,11-12,14,18,22,29,33,38H,2,4,7-10,13,15-17,19-21,23-24H2/b3-1-/t29-,33?,34-,35-,36+/m0/s1. The maximum Gasteiger partial charge on any atom is 0.133 e. The van der Waals surface area contributed by atoms with Crippen LogP contribution in [-0.2, 0) is 9.53 Å². The van der Waals surface area contributed by atoms with E-state index in [0.717, 1.165) is 69.4 Å². The molecule has 6 nitrogen and oxygen atoms in total. The molecule has 1 aromatic carbocycles. The first kappa shape index (κ1) is 25.7. The predicted octanol–water partition coefficient (Wildman–Crippen LogP) is 6.62. The summed E-state index contributed by atoms with van der Waals surface area (Å²) >= 11 is 0. The number of allylic oxidation sites excluding steroid dienone is 3. The highest BCUT2D eigenvalue weighted by atomic mass is 16.6. The fourth-order valence-electron chi connectivity index (χ4n) is 10.5. The van der Waals surface area contributed by atoms with E-state index >= 15 is 0 Å². The number of aromatic amines is 1. The van der Waals surface area contributed by atoms with Gasteiger partial charge >= 0.3 is 0 Å². The fraction of sp³-hybridized carbons (Fsp3) is 0.556. The average Bonchev–Trinajstić information content (AvgIpc) is 3.58. The van der Waals surface area contributed by atoms with Crippen molar-refractivity contribution in [2.75, 3.05) is 26.2 Å². The highest BCUT2D eigenvalue weighted by molar-refractivity contribution is 6.09. The van der Waals surface area contributed by atoms with Crippen molar-refractivity contribution in [3.63, 3.8) is 0 Å². The maximum absolute atomic E-state index is 12.8.